The summed E-state index contributed by atoms with van der Waals surface area (Å²) in [6.07, 6.45) is 0. The van der Waals surface area contributed by atoms with Crippen LogP contribution in [-0.4, -0.2) is 79.9 Å². The predicted molar refractivity (Wildman–Crippen MR) is 97.3 cm³/mol. The second kappa shape index (κ2) is 9.51. The van der Waals surface area contributed by atoms with Crippen molar-refractivity contribution in [3.8, 4) is 0 Å². The minimum Gasteiger partial charge on any atom is -0.325 e. The van der Waals surface area contributed by atoms with Crippen molar-refractivity contribution >= 4 is 27.8 Å². The number of carbonyl (C=O) groups excluding carboxylic acids is 3. The first-order valence-corrected chi connectivity index (χ1v) is 10.5. The molecule has 0 bridgehead atoms. The summed E-state index contributed by atoms with van der Waals surface area (Å²) in [4.78, 5) is 47.5. The summed E-state index contributed by atoms with van der Waals surface area (Å²) in [7, 11) is -3.71. The molecule has 2 rings (SSSR count). The van der Waals surface area contributed by atoms with Gasteiger partial charge in [-0.3, -0.25) is 0 Å². The zero-order chi connectivity index (χ0) is 20.7. The minimum absolute atomic E-state index is 0.00479. The topological polar surface area (TPSA) is 114 Å². The fourth-order valence-electron chi connectivity index (χ4n) is 2.48. The zero-order valence-electron chi connectivity index (χ0n) is 15.7. The predicted octanol–water partition coefficient (Wildman–Crippen LogP) is 0.456. The van der Waals surface area contributed by atoms with Crippen LogP contribution in [0, 0.1) is 0 Å². The quantitative estimate of drug-likeness (QED) is 0.537. The van der Waals surface area contributed by atoms with E-state index >= 15 is 0 Å². The van der Waals surface area contributed by atoms with E-state index in [1.54, 1.807) is 18.2 Å². The van der Waals surface area contributed by atoms with Gasteiger partial charge in [0.15, 0.2) is 9.84 Å². The molecule has 28 heavy (non-hydrogen) atoms. The van der Waals surface area contributed by atoms with Crippen molar-refractivity contribution in [1.29, 1.82) is 0 Å². The first-order valence-electron chi connectivity index (χ1n) is 8.82. The third kappa shape index (κ3) is 5.42. The Hall–Kier alpha value is -2.66. The number of likely N-dealkylation sites (N-methyl/N-ethyl adjacent to an activating group) is 1. The smallest absolute Gasteiger partial charge is 0.325 e. The molecule has 0 atom stereocenters. The molecule has 1 aliphatic rings. The van der Waals surface area contributed by atoms with Gasteiger partial charge in [-0.25, -0.2) is 22.8 Å². The van der Waals surface area contributed by atoms with Crippen molar-refractivity contribution in [3.63, 3.8) is 0 Å². The zero-order valence-corrected chi connectivity index (χ0v) is 16.6. The standard InChI is InChI=1S/C17H23N3O7S/c1-3-18(4-2)10-11-19-17(23)20(27-16(22)15(21)26-19)12-13-28(24,25)14-8-6-5-7-9-14/h5-9H,3-4,10-13H2,1-2H3. The molecule has 1 aromatic carbocycles. The molecular formula is C17H23N3O7S. The van der Waals surface area contributed by atoms with E-state index in [9.17, 15) is 22.8 Å². The molecule has 11 heteroatoms. The van der Waals surface area contributed by atoms with Crippen LogP contribution in [0.15, 0.2) is 35.2 Å². The molecule has 1 fully saturated rings. The van der Waals surface area contributed by atoms with Gasteiger partial charge >= 0.3 is 18.0 Å². The number of urea groups is 1. The number of benzene rings is 1. The van der Waals surface area contributed by atoms with Crippen molar-refractivity contribution in [2.24, 2.45) is 0 Å². The summed E-state index contributed by atoms with van der Waals surface area (Å²) in [6.45, 7) is 5.28. The number of hydrogen-bond acceptors (Lipinski definition) is 8. The van der Waals surface area contributed by atoms with Gasteiger partial charge in [-0.15, -0.1) is 10.1 Å². The molecule has 0 aromatic heterocycles. The van der Waals surface area contributed by atoms with Gasteiger partial charge in [-0.05, 0) is 25.2 Å². The van der Waals surface area contributed by atoms with E-state index in [0.29, 0.717) is 16.7 Å². The number of sulfone groups is 1. The first kappa shape index (κ1) is 21.6. The Morgan fingerprint density at radius 1 is 0.893 bits per heavy atom. The molecule has 0 N–H and O–H groups in total. The van der Waals surface area contributed by atoms with E-state index in [1.807, 2.05) is 18.7 Å². The van der Waals surface area contributed by atoms with E-state index in [-0.39, 0.29) is 11.4 Å². The maximum absolute atomic E-state index is 12.6. The second-order valence-electron chi connectivity index (χ2n) is 5.90. The van der Waals surface area contributed by atoms with Gasteiger partial charge < -0.3 is 14.6 Å². The van der Waals surface area contributed by atoms with Gasteiger partial charge in [0, 0.05) is 6.54 Å². The van der Waals surface area contributed by atoms with Gasteiger partial charge in [-0.1, -0.05) is 32.0 Å². The first-order chi connectivity index (χ1) is 13.3. The Labute approximate surface area is 163 Å². The largest absolute Gasteiger partial charge is 0.444 e. The Morgan fingerprint density at radius 2 is 1.43 bits per heavy atom. The molecule has 1 saturated heterocycles. The summed E-state index contributed by atoms with van der Waals surface area (Å²) in [5.41, 5.74) is 0. The minimum atomic E-state index is -3.71. The van der Waals surface area contributed by atoms with Crippen LogP contribution in [0.3, 0.4) is 0 Å². The second-order valence-corrected chi connectivity index (χ2v) is 8.01. The number of amides is 2. The van der Waals surface area contributed by atoms with Gasteiger partial charge in [0.05, 0.1) is 23.7 Å². The van der Waals surface area contributed by atoms with Gasteiger partial charge in [-0.2, -0.15) is 0 Å². The summed E-state index contributed by atoms with van der Waals surface area (Å²) in [5.74, 6) is -3.23. The van der Waals surface area contributed by atoms with Crippen LogP contribution < -0.4 is 0 Å². The van der Waals surface area contributed by atoms with Crippen LogP contribution in [0.1, 0.15) is 13.8 Å². The molecular weight excluding hydrogens is 390 g/mol. The highest BCUT2D eigenvalue weighted by Crippen LogP contribution is 2.13. The highest BCUT2D eigenvalue weighted by molar-refractivity contribution is 7.91. The molecule has 0 aliphatic carbocycles. The molecule has 0 spiro atoms. The van der Waals surface area contributed by atoms with Crippen LogP contribution in [0.4, 0.5) is 4.79 Å². The van der Waals surface area contributed by atoms with E-state index in [2.05, 4.69) is 0 Å². The Bertz CT molecular complexity index is 809. The van der Waals surface area contributed by atoms with Crippen LogP contribution in [-0.2, 0) is 29.1 Å². The highest BCUT2D eigenvalue weighted by atomic mass is 32.2. The third-order valence-corrected chi connectivity index (χ3v) is 5.87. The highest BCUT2D eigenvalue weighted by Gasteiger charge is 2.37. The van der Waals surface area contributed by atoms with Crippen LogP contribution in [0.5, 0.6) is 0 Å². The number of nitrogens with zero attached hydrogens (tertiary/aromatic N) is 3. The van der Waals surface area contributed by atoms with Crippen molar-refractivity contribution in [2.75, 3.05) is 38.5 Å². The van der Waals surface area contributed by atoms with E-state index in [4.69, 9.17) is 9.68 Å². The number of carbonyl (C=O) groups is 3. The molecule has 154 valence electrons. The maximum atomic E-state index is 12.6. The average molecular weight is 413 g/mol. The van der Waals surface area contributed by atoms with Crippen molar-refractivity contribution in [1.82, 2.24) is 15.0 Å². The molecule has 0 saturated carbocycles. The normalized spacial score (nSPS) is 15.5. The lowest BCUT2D eigenvalue weighted by molar-refractivity contribution is -0.187. The lowest BCUT2D eigenvalue weighted by Crippen LogP contribution is -2.45. The molecule has 1 aromatic rings. The Morgan fingerprint density at radius 3 is 1.96 bits per heavy atom. The molecule has 1 heterocycles. The Balaban J connectivity index is 2.10. The van der Waals surface area contributed by atoms with Gasteiger partial charge in [0.25, 0.3) is 0 Å². The number of rotatable bonds is 9. The molecule has 10 nitrogen and oxygen atoms in total. The number of hydrogen-bond donors (Lipinski definition) is 0. The average Bonchev–Trinajstić information content (AvgIpc) is 2.79. The lowest BCUT2D eigenvalue weighted by atomic mass is 10.4. The van der Waals surface area contributed by atoms with Crippen molar-refractivity contribution in [3.05, 3.63) is 30.3 Å². The summed E-state index contributed by atoms with van der Waals surface area (Å²) >= 11 is 0. The van der Waals surface area contributed by atoms with E-state index in [1.165, 1.54) is 12.1 Å². The van der Waals surface area contributed by atoms with Crippen LogP contribution >= 0.6 is 0 Å². The summed E-state index contributed by atoms with van der Waals surface area (Å²) in [5, 5.41) is 1.25. The van der Waals surface area contributed by atoms with Gasteiger partial charge in [0.2, 0.25) is 0 Å². The van der Waals surface area contributed by atoms with Gasteiger partial charge in [0.1, 0.15) is 0 Å². The fraction of sp³-hybridized carbons (Fsp3) is 0.471. The fourth-order valence-corrected chi connectivity index (χ4v) is 3.69. The third-order valence-electron chi connectivity index (χ3n) is 4.16. The van der Waals surface area contributed by atoms with Crippen molar-refractivity contribution in [2.45, 2.75) is 18.7 Å². The lowest BCUT2D eigenvalue weighted by Gasteiger charge is -2.25. The van der Waals surface area contributed by atoms with Crippen LogP contribution in [0.2, 0.25) is 0 Å². The SMILES string of the molecule is CCN(CC)CCN1OC(=O)C(=O)ON(CCS(=O)(=O)c2ccccc2)C1=O. The van der Waals surface area contributed by atoms with Crippen LogP contribution in [0.25, 0.3) is 0 Å². The van der Waals surface area contributed by atoms with E-state index < -0.39 is 40.1 Å². The summed E-state index contributed by atoms with van der Waals surface area (Å²) in [6, 6.07) is 6.75. The number of hydroxylamine groups is 4. The summed E-state index contributed by atoms with van der Waals surface area (Å²) < 4.78 is 24.8. The molecule has 0 unspecified atom stereocenters. The molecule has 0 radical (unpaired) electrons. The van der Waals surface area contributed by atoms with E-state index in [0.717, 1.165) is 13.1 Å². The van der Waals surface area contributed by atoms with Crippen molar-refractivity contribution < 1.29 is 32.5 Å². The monoisotopic (exact) mass is 413 g/mol. The molecule has 2 amide bonds. The maximum Gasteiger partial charge on any atom is 0.444 e. The molecule has 1 aliphatic heterocycles. The Kier molecular flexibility index (Phi) is 7.35.